The maximum atomic E-state index is 5.04. The van der Waals surface area contributed by atoms with Gasteiger partial charge in [0.25, 0.3) is 0 Å². The van der Waals surface area contributed by atoms with E-state index >= 15 is 0 Å². The van der Waals surface area contributed by atoms with Crippen molar-refractivity contribution in [3.8, 4) is 0 Å². The van der Waals surface area contributed by atoms with Crippen molar-refractivity contribution in [3.05, 3.63) is 0 Å². The van der Waals surface area contributed by atoms with E-state index in [1.54, 1.807) is 7.11 Å². The van der Waals surface area contributed by atoms with E-state index in [9.17, 15) is 0 Å². The molecule has 0 aliphatic heterocycles. The minimum absolute atomic E-state index is 0. The second kappa shape index (κ2) is 13.6. The van der Waals surface area contributed by atoms with Crippen LogP contribution in [0.5, 0.6) is 0 Å². The number of hydrogen-bond donors (Lipinski definition) is 2. The molecule has 0 radical (unpaired) electrons. The number of hydrogen-bond acceptors (Lipinski definition) is 2. The predicted octanol–water partition coefficient (Wildman–Crippen LogP) is 3.55. The molecule has 0 aromatic carbocycles. The molecule has 1 aliphatic rings. The normalized spacial score (nSPS) is 18.0. The van der Waals surface area contributed by atoms with Gasteiger partial charge >= 0.3 is 0 Å². The highest BCUT2D eigenvalue weighted by Crippen LogP contribution is 2.27. The lowest BCUT2D eigenvalue weighted by Crippen LogP contribution is -2.42. The lowest BCUT2D eigenvalue weighted by atomic mass is 9.85. The topological polar surface area (TPSA) is 45.7 Å². The largest absolute Gasteiger partial charge is 0.385 e. The molecule has 0 bridgehead atoms. The molecule has 4 nitrogen and oxygen atoms in total. The maximum Gasteiger partial charge on any atom is 0.191 e. The molecule has 5 heteroatoms. The lowest BCUT2D eigenvalue weighted by Gasteiger charge is -2.24. The van der Waals surface area contributed by atoms with Crippen LogP contribution in [0.25, 0.3) is 0 Å². The molecule has 1 rings (SSSR count). The monoisotopic (exact) mass is 411 g/mol. The number of rotatable bonds is 8. The van der Waals surface area contributed by atoms with Crippen molar-refractivity contribution >= 4 is 29.9 Å². The van der Waals surface area contributed by atoms with E-state index in [-0.39, 0.29) is 24.0 Å². The molecular formula is C16H34IN3O. The number of methoxy groups -OCH3 is 1. The van der Waals surface area contributed by atoms with E-state index in [0.717, 1.165) is 31.4 Å². The Labute approximate surface area is 147 Å². The van der Waals surface area contributed by atoms with Crippen LogP contribution >= 0.6 is 24.0 Å². The van der Waals surface area contributed by atoms with Crippen LogP contribution in [-0.2, 0) is 4.74 Å². The minimum atomic E-state index is 0. The molecule has 1 aliphatic carbocycles. The quantitative estimate of drug-likeness (QED) is 0.278. The Hall–Kier alpha value is -0.0400. The van der Waals surface area contributed by atoms with E-state index in [4.69, 9.17) is 4.74 Å². The molecule has 0 saturated heterocycles. The fraction of sp³-hybridized carbons (Fsp3) is 0.938. The van der Waals surface area contributed by atoms with Crippen LogP contribution in [0.4, 0.5) is 0 Å². The fourth-order valence-corrected chi connectivity index (χ4v) is 2.89. The number of guanidine groups is 1. The molecule has 1 saturated carbocycles. The predicted molar refractivity (Wildman–Crippen MR) is 102 cm³/mol. The van der Waals surface area contributed by atoms with Gasteiger partial charge in [0.15, 0.2) is 5.96 Å². The average molecular weight is 411 g/mol. The van der Waals surface area contributed by atoms with Gasteiger partial charge in [0.1, 0.15) is 0 Å². The highest BCUT2D eigenvalue weighted by atomic mass is 127. The van der Waals surface area contributed by atoms with Gasteiger partial charge in [0, 0.05) is 33.4 Å². The van der Waals surface area contributed by atoms with Gasteiger partial charge in [0.05, 0.1) is 0 Å². The second-order valence-corrected chi connectivity index (χ2v) is 5.97. The Morgan fingerprint density at radius 3 is 2.62 bits per heavy atom. The first-order chi connectivity index (χ1) is 9.76. The molecule has 0 aromatic heterocycles. The summed E-state index contributed by atoms with van der Waals surface area (Å²) in [6, 6.07) is 0.491. The van der Waals surface area contributed by atoms with Crippen LogP contribution < -0.4 is 10.6 Å². The summed E-state index contributed by atoms with van der Waals surface area (Å²) in [7, 11) is 3.57. The van der Waals surface area contributed by atoms with Crippen molar-refractivity contribution in [1.29, 1.82) is 0 Å². The third kappa shape index (κ3) is 10.3. The molecule has 0 aromatic rings. The number of nitrogens with zero attached hydrogens (tertiary/aromatic N) is 1. The van der Waals surface area contributed by atoms with Crippen molar-refractivity contribution in [2.24, 2.45) is 10.9 Å². The summed E-state index contributed by atoms with van der Waals surface area (Å²) in [5.41, 5.74) is 0. The molecule has 2 N–H and O–H groups in total. The SMILES string of the molecule is CN=C(NCCCOC)NC(C)CCC1CCCCC1.I. The zero-order valence-electron chi connectivity index (χ0n) is 14.0. The summed E-state index contributed by atoms with van der Waals surface area (Å²) in [5.74, 6) is 1.88. The summed E-state index contributed by atoms with van der Waals surface area (Å²) in [4.78, 5) is 4.27. The van der Waals surface area contributed by atoms with Crippen LogP contribution in [0.1, 0.15) is 58.3 Å². The smallest absolute Gasteiger partial charge is 0.191 e. The Bertz CT molecular complexity index is 268. The van der Waals surface area contributed by atoms with Crippen molar-refractivity contribution in [2.75, 3.05) is 27.3 Å². The van der Waals surface area contributed by atoms with Gasteiger partial charge < -0.3 is 15.4 Å². The van der Waals surface area contributed by atoms with E-state index in [1.165, 1.54) is 44.9 Å². The molecule has 126 valence electrons. The number of nitrogens with one attached hydrogen (secondary N) is 2. The third-order valence-corrected chi connectivity index (χ3v) is 4.16. The van der Waals surface area contributed by atoms with Gasteiger partial charge in [-0.2, -0.15) is 0 Å². The van der Waals surface area contributed by atoms with Gasteiger partial charge in [-0.05, 0) is 32.1 Å². The number of aliphatic imine (C=N–C) groups is 1. The first-order valence-corrected chi connectivity index (χ1v) is 8.22. The van der Waals surface area contributed by atoms with Crippen molar-refractivity contribution in [2.45, 2.75) is 64.3 Å². The molecule has 0 heterocycles. The summed E-state index contributed by atoms with van der Waals surface area (Å²) in [5, 5.41) is 6.81. The van der Waals surface area contributed by atoms with Crippen LogP contribution in [0.2, 0.25) is 0 Å². The van der Waals surface area contributed by atoms with E-state index in [0.29, 0.717) is 6.04 Å². The standard InChI is InChI=1S/C16H33N3O.HI/c1-14(10-11-15-8-5-4-6-9-15)19-16(17-2)18-12-7-13-20-3;/h14-15H,4-13H2,1-3H3,(H2,17,18,19);1H. The van der Waals surface area contributed by atoms with E-state index in [1.807, 2.05) is 7.05 Å². The Morgan fingerprint density at radius 2 is 2.00 bits per heavy atom. The first kappa shape index (κ1) is 21.0. The molecule has 21 heavy (non-hydrogen) atoms. The Kier molecular flexibility index (Phi) is 13.6. The second-order valence-electron chi connectivity index (χ2n) is 5.97. The highest BCUT2D eigenvalue weighted by Gasteiger charge is 2.14. The Morgan fingerprint density at radius 1 is 1.29 bits per heavy atom. The highest BCUT2D eigenvalue weighted by molar-refractivity contribution is 14.0. The fourth-order valence-electron chi connectivity index (χ4n) is 2.89. The molecule has 0 spiro atoms. The maximum absolute atomic E-state index is 5.04. The van der Waals surface area contributed by atoms with Crippen molar-refractivity contribution in [3.63, 3.8) is 0 Å². The molecular weight excluding hydrogens is 377 g/mol. The van der Waals surface area contributed by atoms with Gasteiger partial charge in [0.2, 0.25) is 0 Å². The van der Waals surface area contributed by atoms with Crippen LogP contribution in [-0.4, -0.2) is 39.3 Å². The third-order valence-electron chi connectivity index (χ3n) is 4.16. The summed E-state index contributed by atoms with van der Waals surface area (Å²) in [6.07, 6.45) is 10.8. The van der Waals surface area contributed by atoms with Gasteiger partial charge in [-0.3, -0.25) is 4.99 Å². The van der Waals surface area contributed by atoms with Gasteiger partial charge in [-0.1, -0.05) is 32.1 Å². The lowest BCUT2D eigenvalue weighted by molar-refractivity contribution is 0.195. The summed E-state index contributed by atoms with van der Waals surface area (Å²) in [6.45, 7) is 3.95. The van der Waals surface area contributed by atoms with E-state index < -0.39 is 0 Å². The first-order valence-electron chi connectivity index (χ1n) is 8.22. The zero-order chi connectivity index (χ0) is 14.6. The summed E-state index contributed by atoms with van der Waals surface area (Å²) >= 11 is 0. The van der Waals surface area contributed by atoms with Gasteiger partial charge in [-0.15, -0.1) is 24.0 Å². The number of ether oxygens (including phenoxy) is 1. The minimum Gasteiger partial charge on any atom is -0.385 e. The molecule has 0 amide bonds. The van der Waals surface area contributed by atoms with Crippen LogP contribution in [0.15, 0.2) is 4.99 Å². The van der Waals surface area contributed by atoms with E-state index in [2.05, 4.69) is 22.5 Å². The van der Waals surface area contributed by atoms with Crippen LogP contribution in [0.3, 0.4) is 0 Å². The van der Waals surface area contributed by atoms with Crippen molar-refractivity contribution in [1.82, 2.24) is 10.6 Å². The molecule has 1 unspecified atom stereocenters. The van der Waals surface area contributed by atoms with Gasteiger partial charge in [-0.25, -0.2) is 0 Å². The average Bonchev–Trinajstić information content (AvgIpc) is 2.49. The summed E-state index contributed by atoms with van der Waals surface area (Å²) < 4.78 is 5.04. The molecule has 1 fully saturated rings. The molecule has 1 atom stereocenters. The Balaban J connectivity index is 0.00000400. The van der Waals surface area contributed by atoms with Crippen molar-refractivity contribution < 1.29 is 4.74 Å². The number of halogens is 1. The van der Waals surface area contributed by atoms with Crippen LogP contribution in [0, 0.1) is 5.92 Å². The zero-order valence-corrected chi connectivity index (χ0v) is 16.3.